The molecule has 1 N–H and O–H groups in total. The first-order valence-electron chi connectivity index (χ1n) is 6.21. The molecule has 9 heteroatoms. The van der Waals surface area contributed by atoms with Crippen molar-refractivity contribution in [2.45, 2.75) is 6.10 Å². The summed E-state index contributed by atoms with van der Waals surface area (Å²) in [6, 6.07) is 6.38. The van der Waals surface area contributed by atoms with Crippen molar-refractivity contribution in [3.8, 4) is 17.0 Å². The summed E-state index contributed by atoms with van der Waals surface area (Å²) in [5.74, 6) is -0.875. The fourth-order valence-electron chi connectivity index (χ4n) is 2.03. The van der Waals surface area contributed by atoms with E-state index >= 15 is 0 Å². The van der Waals surface area contributed by atoms with E-state index in [1.165, 1.54) is 6.07 Å². The van der Waals surface area contributed by atoms with Gasteiger partial charge < -0.3 is 14.4 Å². The minimum atomic E-state index is -2.94. The molecule has 116 valence electrons. The maximum Gasteiger partial charge on any atom is 0.374 e. The van der Waals surface area contributed by atoms with Gasteiger partial charge in [0.15, 0.2) is 9.84 Å². The smallest absolute Gasteiger partial charge is 0.374 e. The van der Waals surface area contributed by atoms with E-state index in [4.69, 9.17) is 14.4 Å². The van der Waals surface area contributed by atoms with Gasteiger partial charge in [-0.25, -0.2) is 13.2 Å². The lowest BCUT2D eigenvalue weighted by Crippen LogP contribution is -2.45. The Morgan fingerprint density at radius 1 is 1.36 bits per heavy atom. The zero-order valence-corrected chi connectivity index (χ0v) is 13.4. The van der Waals surface area contributed by atoms with Crippen molar-refractivity contribution < 1.29 is 27.6 Å². The fraction of sp³-hybridized carbons (Fsp3) is 0.231. The number of aromatic carboxylic acids is 1. The second-order valence-corrected chi connectivity index (χ2v) is 7.85. The zero-order valence-electron chi connectivity index (χ0n) is 11.0. The molecule has 2 aromatic rings. The summed E-state index contributed by atoms with van der Waals surface area (Å²) in [6.45, 7) is 0. The number of carboxylic acids is 1. The molecule has 0 aliphatic carbocycles. The molecule has 1 saturated heterocycles. The van der Waals surface area contributed by atoms with Gasteiger partial charge in [-0.3, -0.25) is 0 Å². The van der Waals surface area contributed by atoms with E-state index in [-0.39, 0.29) is 23.4 Å². The third kappa shape index (κ3) is 3.00. The number of aromatic nitrogens is 1. The van der Waals surface area contributed by atoms with Gasteiger partial charge in [-0.1, -0.05) is 5.16 Å². The molecule has 1 aromatic heterocycles. The number of carboxylic acid groups (broad SMARTS) is 1. The summed E-state index contributed by atoms with van der Waals surface area (Å²) in [7, 11) is -2.94. The molecule has 0 saturated carbocycles. The van der Waals surface area contributed by atoms with Crippen LogP contribution in [0.3, 0.4) is 0 Å². The van der Waals surface area contributed by atoms with Gasteiger partial charge in [0.05, 0.1) is 16.0 Å². The van der Waals surface area contributed by atoms with Gasteiger partial charge in [-0.05, 0) is 34.1 Å². The number of hydrogen-bond acceptors (Lipinski definition) is 6. The van der Waals surface area contributed by atoms with Crippen LogP contribution in [0, 0.1) is 0 Å². The normalized spacial score (nSPS) is 17.0. The van der Waals surface area contributed by atoms with Crippen LogP contribution in [0.4, 0.5) is 0 Å². The SMILES string of the molecule is O=C(O)c1cc(-c2ccc(OC3CS(=O)(=O)C3)c(Br)c2)no1. The van der Waals surface area contributed by atoms with E-state index in [9.17, 15) is 13.2 Å². The van der Waals surface area contributed by atoms with E-state index in [0.29, 0.717) is 21.5 Å². The molecule has 7 nitrogen and oxygen atoms in total. The summed E-state index contributed by atoms with van der Waals surface area (Å²) in [4.78, 5) is 10.8. The molecule has 2 heterocycles. The Kier molecular flexibility index (Phi) is 3.69. The van der Waals surface area contributed by atoms with Crippen molar-refractivity contribution in [2.75, 3.05) is 11.5 Å². The van der Waals surface area contributed by atoms with Crippen LogP contribution in [0.15, 0.2) is 33.3 Å². The van der Waals surface area contributed by atoms with E-state index in [0.717, 1.165) is 0 Å². The Morgan fingerprint density at radius 2 is 2.09 bits per heavy atom. The van der Waals surface area contributed by atoms with Crippen LogP contribution in [0.5, 0.6) is 5.75 Å². The van der Waals surface area contributed by atoms with Gasteiger partial charge in [0.2, 0.25) is 5.76 Å². The monoisotopic (exact) mass is 387 g/mol. The molecule has 1 aliphatic rings. The summed E-state index contributed by atoms with van der Waals surface area (Å²) in [6.07, 6.45) is -0.335. The molecule has 22 heavy (non-hydrogen) atoms. The molecule has 0 bridgehead atoms. The minimum Gasteiger partial charge on any atom is -0.487 e. The number of ether oxygens (including phenoxy) is 1. The first-order chi connectivity index (χ1) is 10.3. The van der Waals surface area contributed by atoms with E-state index < -0.39 is 15.8 Å². The zero-order chi connectivity index (χ0) is 15.9. The van der Waals surface area contributed by atoms with Gasteiger partial charge in [0.1, 0.15) is 17.5 Å². The predicted octanol–water partition coefficient (Wildman–Crippen LogP) is 1.98. The first kappa shape index (κ1) is 15.0. The maximum atomic E-state index is 11.1. The molecule has 1 aromatic carbocycles. The number of nitrogens with zero attached hydrogens (tertiary/aromatic N) is 1. The van der Waals surface area contributed by atoms with E-state index in [1.54, 1.807) is 18.2 Å². The number of hydrogen-bond donors (Lipinski definition) is 1. The second-order valence-electron chi connectivity index (χ2n) is 4.84. The van der Waals surface area contributed by atoms with Crippen LogP contribution in [0.25, 0.3) is 11.3 Å². The Morgan fingerprint density at radius 3 is 2.64 bits per heavy atom. The third-order valence-electron chi connectivity index (χ3n) is 3.12. The van der Waals surface area contributed by atoms with Crippen LogP contribution in [-0.4, -0.2) is 42.3 Å². The molecule has 0 atom stereocenters. The highest BCUT2D eigenvalue weighted by molar-refractivity contribution is 9.10. The quantitative estimate of drug-likeness (QED) is 0.854. The van der Waals surface area contributed by atoms with Gasteiger partial charge in [0, 0.05) is 11.6 Å². The summed E-state index contributed by atoms with van der Waals surface area (Å²) in [5.41, 5.74) is 1.03. The van der Waals surface area contributed by atoms with Crippen LogP contribution in [-0.2, 0) is 9.84 Å². The molecule has 0 amide bonds. The van der Waals surface area contributed by atoms with Gasteiger partial charge in [0.25, 0.3) is 0 Å². The molecule has 0 radical (unpaired) electrons. The molecule has 0 unspecified atom stereocenters. The summed E-state index contributed by atoms with van der Waals surface area (Å²) in [5, 5.41) is 12.5. The molecule has 1 aliphatic heterocycles. The lowest BCUT2D eigenvalue weighted by Gasteiger charge is -2.27. The molecular weight excluding hydrogens is 378 g/mol. The third-order valence-corrected chi connectivity index (χ3v) is 5.50. The highest BCUT2D eigenvalue weighted by Crippen LogP contribution is 2.32. The van der Waals surface area contributed by atoms with E-state index in [2.05, 4.69) is 21.1 Å². The highest BCUT2D eigenvalue weighted by Gasteiger charge is 2.35. The van der Waals surface area contributed by atoms with Crippen LogP contribution >= 0.6 is 15.9 Å². The first-order valence-corrected chi connectivity index (χ1v) is 8.82. The standard InChI is InChI=1S/C13H10BrNO6S/c14-9-3-7(10-4-12(13(16)17)21-15-10)1-2-11(9)20-8-5-22(18,19)6-8/h1-4,8H,5-6H2,(H,16,17). The fourth-order valence-corrected chi connectivity index (χ4v) is 3.68. The molecular formula is C13H10BrNO6S. The van der Waals surface area contributed by atoms with Crippen molar-refractivity contribution >= 4 is 31.7 Å². The Balaban J connectivity index is 1.78. The lowest BCUT2D eigenvalue weighted by molar-refractivity contribution is 0.0652. The van der Waals surface area contributed by atoms with Gasteiger partial charge in [-0.2, -0.15) is 0 Å². The number of benzene rings is 1. The van der Waals surface area contributed by atoms with Crippen molar-refractivity contribution in [3.05, 3.63) is 34.5 Å². The van der Waals surface area contributed by atoms with E-state index in [1.807, 2.05) is 0 Å². The van der Waals surface area contributed by atoms with Crippen molar-refractivity contribution in [1.82, 2.24) is 5.16 Å². The van der Waals surface area contributed by atoms with Crippen molar-refractivity contribution in [1.29, 1.82) is 0 Å². The predicted molar refractivity (Wildman–Crippen MR) is 79.7 cm³/mol. The number of carbonyl (C=O) groups is 1. The van der Waals surface area contributed by atoms with Crippen molar-refractivity contribution in [3.63, 3.8) is 0 Å². The average Bonchev–Trinajstić information content (AvgIpc) is 2.88. The topological polar surface area (TPSA) is 107 Å². The molecule has 0 spiro atoms. The Bertz CT molecular complexity index is 832. The average molecular weight is 388 g/mol. The van der Waals surface area contributed by atoms with Gasteiger partial charge in [-0.15, -0.1) is 0 Å². The number of sulfone groups is 1. The number of rotatable bonds is 4. The van der Waals surface area contributed by atoms with Crippen LogP contribution < -0.4 is 4.74 Å². The molecule has 3 rings (SSSR count). The highest BCUT2D eigenvalue weighted by atomic mass is 79.9. The van der Waals surface area contributed by atoms with Crippen molar-refractivity contribution in [2.24, 2.45) is 0 Å². The van der Waals surface area contributed by atoms with Gasteiger partial charge >= 0.3 is 5.97 Å². The Hall–Kier alpha value is -1.87. The lowest BCUT2D eigenvalue weighted by atomic mass is 10.1. The minimum absolute atomic E-state index is 0.0203. The largest absolute Gasteiger partial charge is 0.487 e. The van der Waals surface area contributed by atoms with Crippen LogP contribution in [0.2, 0.25) is 0 Å². The Labute approximate surface area is 133 Å². The molecule has 1 fully saturated rings. The number of halogens is 1. The summed E-state index contributed by atoms with van der Waals surface area (Å²) >= 11 is 3.34. The van der Waals surface area contributed by atoms with Crippen LogP contribution in [0.1, 0.15) is 10.6 Å². The second kappa shape index (κ2) is 5.40. The summed E-state index contributed by atoms with van der Waals surface area (Å²) < 4.78 is 33.1. The maximum absolute atomic E-state index is 11.1.